The van der Waals surface area contributed by atoms with Crippen molar-refractivity contribution < 1.29 is 0 Å². The van der Waals surface area contributed by atoms with E-state index in [0.29, 0.717) is 0 Å². The molecule has 3 aromatic rings. The van der Waals surface area contributed by atoms with Gasteiger partial charge in [0.1, 0.15) is 0 Å². The number of aromatic nitrogens is 3. The topological polar surface area (TPSA) is 50.7 Å². The summed E-state index contributed by atoms with van der Waals surface area (Å²) in [6.45, 7) is 2.73. The first kappa shape index (κ1) is 12.2. The first-order valence-corrected chi connectivity index (χ1v) is 6.97. The Morgan fingerprint density at radius 2 is 2.16 bits per heavy atom. The average molecular weight is 270 g/mol. The van der Waals surface area contributed by atoms with Crippen molar-refractivity contribution in [1.29, 1.82) is 0 Å². The smallest absolute Gasteiger partial charge is 0.161 e. The van der Waals surface area contributed by atoms with Crippen LogP contribution in [0, 0.1) is 6.92 Å². The third kappa shape index (κ3) is 2.47. The van der Waals surface area contributed by atoms with E-state index in [1.54, 1.807) is 11.3 Å². The Morgan fingerprint density at radius 3 is 3.00 bits per heavy atom. The van der Waals surface area contributed by atoms with E-state index in [-0.39, 0.29) is 0 Å². The second-order valence-corrected chi connectivity index (χ2v) is 5.33. The SMILES string of the molecule is CNCc1cc(C)nc(-c2cnc3ccsc3c2)n1. The summed E-state index contributed by atoms with van der Waals surface area (Å²) in [6, 6.07) is 6.12. The molecule has 0 amide bonds. The van der Waals surface area contributed by atoms with E-state index in [2.05, 4.69) is 26.3 Å². The van der Waals surface area contributed by atoms with Gasteiger partial charge in [0.15, 0.2) is 5.82 Å². The first-order chi connectivity index (χ1) is 9.26. The lowest BCUT2D eigenvalue weighted by atomic mass is 10.2. The van der Waals surface area contributed by atoms with E-state index in [1.807, 2.05) is 37.7 Å². The predicted molar refractivity (Wildman–Crippen MR) is 78.1 cm³/mol. The van der Waals surface area contributed by atoms with Gasteiger partial charge in [-0.05, 0) is 37.6 Å². The molecule has 0 aromatic carbocycles. The predicted octanol–water partition coefficient (Wildman–Crippen LogP) is 2.78. The summed E-state index contributed by atoms with van der Waals surface area (Å²) >= 11 is 1.68. The van der Waals surface area contributed by atoms with Crippen molar-refractivity contribution in [1.82, 2.24) is 20.3 Å². The Balaban J connectivity index is 2.09. The van der Waals surface area contributed by atoms with Gasteiger partial charge in [0.25, 0.3) is 0 Å². The molecular formula is C14H14N4S. The van der Waals surface area contributed by atoms with Crippen LogP contribution in [0.25, 0.3) is 21.6 Å². The van der Waals surface area contributed by atoms with Crippen molar-refractivity contribution in [2.24, 2.45) is 0 Å². The highest BCUT2D eigenvalue weighted by Crippen LogP contribution is 2.24. The van der Waals surface area contributed by atoms with Gasteiger partial charge in [0.05, 0.1) is 15.9 Å². The summed E-state index contributed by atoms with van der Waals surface area (Å²) < 4.78 is 1.16. The highest BCUT2D eigenvalue weighted by Gasteiger charge is 2.07. The number of nitrogens with one attached hydrogen (secondary N) is 1. The maximum Gasteiger partial charge on any atom is 0.161 e. The molecule has 0 atom stereocenters. The number of pyridine rings is 1. The minimum absolute atomic E-state index is 0.741. The van der Waals surface area contributed by atoms with E-state index in [9.17, 15) is 0 Å². The summed E-state index contributed by atoms with van der Waals surface area (Å²) in [5.74, 6) is 0.744. The number of aryl methyl sites for hydroxylation is 1. The zero-order chi connectivity index (χ0) is 13.2. The van der Waals surface area contributed by atoms with Crippen LogP contribution in [0.1, 0.15) is 11.4 Å². The van der Waals surface area contributed by atoms with Crippen LogP contribution in [0.4, 0.5) is 0 Å². The monoisotopic (exact) mass is 270 g/mol. The molecule has 19 heavy (non-hydrogen) atoms. The van der Waals surface area contributed by atoms with E-state index in [1.165, 1.54) is 0 Å². The fourth-order valence-corrected chi connectivity index (χ4v) is 2.78. The van der Waals surface area contributed by atoms with Crippen LogP contribution in [0.3, 0.4) is 0 Å². The van der Waals surface area contributed by atoms with Gasteiger partial charge in [0, 0.05) is 24.0 Å². The lowest BCUT2D eigenvalue weighted by molar-refractivity contribution is 0.785. The molecule has 0 radical (unpaired) electrons. The van der Waals surface area contributed by atoms with Crippen LogP contribution in [-0.2, 0) is 6.54 Å². The van der Waals surface area contributed by atoms with Gasteiger partial charge in [-0.25, -0.2) is 9.97 Å². The quantitative estimate of drug-likeness (QED) is 0.795. The Labute approximate surface area is 115 Å². The van der Waals surface area contributed by atoms with Gasteiger partial charge >= 0.3 is 0 Å². The van der Waals surface area contributed by atoms with Crippen LogP contribution < -0.4 is 5.32 Å². The summed E-state index contributed by atoms with van der Waals surface area (Å²) in [5.41, 5.74) is 3.96. The van der Waals surface area contributed by atoms with Gasteiger partial charge in [-0.2, -0.15) is 0 Å². The molecule has 0 aliphatic carbocycles. The Hall–Kier alpha value is -1.85. The molecule has 0 saturated carbocycles. The summed E-state index contributed by atoms with van der Waals surface area (Å²) in [6.07, 6.45) is 1.84. The fraction of sp³-hybridized carbons (Fsp3) is 0.214. The fourth-order valence-electron chi connectivity index (χ4n) is 2.00. The second-order valence-electron chi connectivity index (χ2n) is 4.38. The minimum Gasteiger partial charge on any atom is -0.314 e. The number of thiophene rings is 1. The number of fused-ring (bicyclic) bond motifs is 1. The first-order valence-electron chi connectivity index (χ1n) is 6.09. The zero-order valence-electron chi connectivity index (χ0n) is 10.8. The van der Waals surface area contributed by atoms with Crippen LogP contribution in [-0.4, -0.2) is 22.0 Å². The molecule has 3 rings (SSSR count). The van der Waals surface area contributed by atoms with Gasteiger partial charge < -0.3 is 5.32 Å². The lowest BCUT2D eigenvalue weighted by Gasteiger charge is -2.05. The van der Waals surface area contributed by atoms with Crippen molar-refractivity contribution in [2.45, 2.75) is 13.5 Å². The van der Waals surface area contributed by atoms with Crippen LogP contribution in [0.2, 0.25) is 0 Å². The normalized spacial score (nSPS) is 11.1. The van der Waals surface area contributed by atoms with Crippen molar-refractivity contribution in [3.63, 3.8) is 0 Å². The number of nitrogens with zero attached hydrogens (tertiary/aromatic N) is 3. The highest BCUT2D eigenvalue weighted by atomic mass is 32.1. The molecule has 3 aromatic heterocycles. The number of hydrogen-bond acceptors (Lipinski definition) is 5. The van der Waals surface area contributed by atoms with Crippen LogP contribution >= 0.6 is 11.3 Å². The van der Waals surface area contributed by atoms with Crippen molar-refractivity contribution >= 4 is 21.6 Å². The molecule has 0 aliphatic heterocycles. The third-order valence-corrected chi connectivity index (χ3v) is 3.68. The standard InChI is InChI=1S/C14H14N4S/c1-9-5-11(8-15-2)18-14(17-9)10-6-13-12(16-7-10)3-4-19-13/h3-7,15H,8H2,1-2H3. The molecule has 0 unspecified atom stereocenters. The molecule has 96 valence electrons. The summed E-state index contributed by atoms with van der Waals surface area (Å²) in [5, 5.41) is 5.16. The maximum atomic E-state index is 4.58. The average Bonchev–Trinajstić information content (AvgIpc) is 2.85. The van der Waals surface area contributed by atoms with Crippen molar-refractivity contribution in [3.8, 4) is 11.4 Å². The molecule has 0 saturated heterocycles. The largest absolute Gasteiger partial charge is 0.314 e. The Bertz CT molecular complexity index is 720. The third-order valence-electron chi connectivity index (χ3n) is 2.83. The molecule has 3 heterocycles. The zero-order valence-corrected chi connectivity index (χ0v) is 11.7. The second kappa shape index (κ2) is 5.03. The van der Waals surface area contributed by atoms with E-state index in [4.69, 9.17) is 0 Å². The van der Waals surface area contributed by atoms with Gasteiger partial charge in [0.2, 0.25) is 0 Å². The Morgan fingerprint density at radius 1 is 1.26 bits per heavy atom. The maximum absolute atomic E-state index is 4.58. The molecule has 0 aliphatic rings. The molecule has 5 heteroatoms. The van der Waals surface area contributed by atoms with E-state index < -0.39 is 0 Å². The highest BCUT2D eigenvalue weighted by molar-refractivity contribution is 7.17. The Kier molecular flexibility index (Phi) is 3.23. The number of rotatable bonds is 3. The minimum atomic E-state index is 0.741. The molecule has 1 N–H and O–H groups in total. The molecule has 0 bridgehead atoms. The lowest BCUT2D eigenvalue weighted by Crippen LogP contribution is -2.08. The van der Waals surface area contributed by atoms with Gasteiger partial charge in [-0.15, -0.1) is 11.3 Å². The van der Waals surface area contributed by atoms with Crippen molar-refractivity contribution in [3.05, 3.63) is 41.2 Å². The van der Waals surface area contributed by atoms with Crippen LogP contribution in [0.5, 0.6) is 0 Å². The summed E-state index contributed by atoms with van der Waals surface area (Å²) in [4.78, 5) is 13.5. The molecular weight excluding hydrogens is 256 g/mol. The summed E-state index contributed by atoms with van der Waals surface area (Å²) in [7, 11) is 1.91. The molecule has 4 nitrogen and oxygen atoms in total. The van der Waals surface area contributed by atoms with Crippen molar-refractivity contribution in [2.75, 3.05) is 7.05 Å². The van der Waals surface area contributed by atoms with E-state index >= 15 is 0 Å². The number of hydrogen-bond donors (Lipinski definition) is 1. The molecule has 0 spiro atoms. The van der Waals surface area contributed by atoms with Gasteiger partial charge in [-0.3, -0.25) is 4.98 Å². The van der Waals surface area contributed by atoms with E-state index in [0.717, 1.165) is 39.5 Å². The molecule has 0 fully saturated rings. The van der Waals surface area contributed by atoms with Gasteiger partial charge in [-0.1, -0.05) is 0 Å². The van der Waals surface area contributed by atoms with Crippen LogP contribution in [0.15, 0.2) is 29.8 Å².